The van der Waals surface area contributed by atoms with Gasteiger partial charge in [-0.1, -0.05) is 11.3 Å². The lowest BCUT2D eigenvalue weighted by molar-refractivity contribution is -0.149. The summed E-state index contributed by atoms with van der Waals surface area (Å²) in [4.78, 5) is 36.6. The van der Waals surface area contributed by atoms with Gasteiger partial charge in [0.05, 0.1) is 0 Å². The van der Waals surface area contributed by atoms with Crippen molar-refractivity contribution in [3.63, 3.8) is 0 Å². The van der Waals surface area contributed by atoms with E-state index in [1.807, 2.05) is 5.48 Å². The molecule has 0 aliphatic carbocycles. The largest absolute Gasteiger partial charge is 0.479 e. The van der Waals surface area contributed by atoms with Gasteiger partial charge >= 0.3 is 10.8 Å². The van der Waals surface area contributed by atoms with E-state index in [1.54, 1.807) is 12.3 Å². The van der Waals surface area contributed by atoms with Crippen molar-refractivity contribution in [3.05, 3.63) is 20.7 Å². The SMILES string of the molecule is Cc1csc(=O)n1CC(=O)NOCC(=O)O. The quantitative estimate of drug-likeness (QED) is 0.673. The molecule has 0 unspecified atom stereocenters. The molecule has 1 aromatic heterocycles. The monoisotopic (exact) mass is 246 g/mol. The number of hydrogen-bond donors (Lipinski definition) is 2. The number of carboxylic acid groups (broad SMARTS) is 1. The molecule has 1 heterocycles. The van der Waals surface area contributed by atoms with Crippen LogP contribution in [0.4, 0.5) is 0 Å². The molecule has 1 amide bonds. The van der Waals surface area contributed by atoms with E-state index in [2.05, 4.69) is 4.84 Å². The Morgan fingerprint density at radius 2 is 2.31 bits per heavy atom. The first kappa shape index (κ1) is 12.4. The molecule has 88 valence electrons. The average molecular weight is 246 g/mol. The van der Waals surface area contributed by atoms with Crippen LogP contribution in [0.5, 0.6) is 0 Å². The molecule has 8 heteroatoms. The van der Waals surface area contributed by atoms with Gasteiger partial charge in [0.1, 0.15) is 6.54 Å². The van der Waals surface area contributed by atoms with Gasteiger partial charge in [-0.05, 0) is 6.92 Å². The summed E-state index contributed by atoms with van der Waals surface area (Å²) in [5.41, 5.74) is 2.60. The maximum Gasteiger partial charge on any atom is 0.332 e. The number of amides is 1. The number of carbonyl (C=O) groups is 2. The minimum Gasteiger partial charge on any atom is -0.479 e. The Bertz CT molecular complexity index is 450. The third-order valence-electron chi connectivity index (χ3n) is 1.66. The lowest BCUT2D eigenvalue weighted by Gasteiger charge is -2.05. The van der Waals surface area contributed by atoms with Crippen LogP contribution in [0.3, 0.4) is 0 Å². The van der Waals surface area contributed by atoms with E-state index in [9.17, 15) is 14.4 Å². The first-order valence-corrected chi connectivity index (χ1v) is 5.16. The van der Waals surface area contributed by atoms with Crippen LogP contribution in [-0.2, 0) is 21.0 Å². The van der Waals surface area contributed by atoms with Crippen molar-refractivity contribution in [2.45, 2.75) is 13.5 Å². The molecule has 0 spiro atoms. The summed E-state index contributed by atoms with van der Waals surface area (Å²) in [5, 5.41) is 9.87. The minimum absolute atomic E-state index is 0.187. The molecule has 0 saturated heterocycles. The number of hydrogen-bond acceptors (Lipinski definition) is 5. The van der Waals surface area contributed by atoms with Gasteiger partial charge in [-0.15, -0.1) is 0 Å². The number of aryl methyl sites for hydroxylation is 1. The molecule has 0 aliphatic heterocycles. The number of nitrogens with zero attached hydrogens (tertiary/aromatic N) is 1. The molecule has 0 radical (unpaired) electrons. The highest BCUT2D eigenvalue weighted by Gasteiger charge is 2.08. The Kier molecular flexibility index (Phi) is 4.20. The maximum atomic E-state index is 11.2. The van der Waals surface area contributed by atoms with Crippen LogP contribution < -0.4 is 10.4 Å². The van der Waals surface area contributed by atoms with Gasteiger partial charge in [-0.25, -0.2) is 10.3 Å². The van der Waals surface area contributed by atoms with Gasteiger partial charge in [-0.3, -0.25) is 19.0 Å². The Morgan fingerprint density at radius 3 is 2.81 bits per heavy atom. The van der Waals surface area contributed by atoms with Crippen molar-refractivity contribution in [3.8, 4) is 0 Å². The Morgan fingerprint density at radius 1 is 1.62 bits per heavy atom. The van der Waals surface area contributed by atoms with Crippen LogP contribution in [0.25, 0.3) is 0 Å². The number of hydroxylamine groups is 1. The van der Waals surface area contributed by atoms with E-state index in [0.29, 0.717) is 5.69 Å². The predicted molar refractivity (Wildman–Crippen MR) is 55.0 cm³/mol. The fourth-order valence-corrected chi connectivity index (χ4v) is 1.68. The molecule has 1 aromatic rings. The van der Waals surface area contributed by atoms with Crippen molar-refractivity contribution >= 4 is 23.2 Å². The third kappa shape index (κ3) is 3.48. The second-order valence-corrected chi connectivity index (χ2v) is 3.76. The van der Waals surface area contributed by atoms with Gasteiger partial charge < -0.3 is 5.11 Å². The molecule has 0 atom stereocenters. The van der Waals surface area contributed by atoms with Gasteiger partial charge in [0.15, 0.2) is 6.61 Å². The average Bonchev–Trinajstić information content (AvgIpc) is 2.49. The van der Waals surface area contributed by atoms with Gasteiger partial charge in [-0.2, -0.15) is 0 Å². The number of aromatic nitrogens is 1. The zero-order valence-corrected chi connectivity index (χ0v) is 9.24. The van der Waals surface area contributed by atoms with Crippen LogP contribution in [-0.4, -0.2) is 28.2 Å². The molecule has 7 nitrogen and oxygen atoms in total. The zero-order chi connectivity index (χ0) is 12.1. The van der Waals surface area contributed by atoms with Gasteiger partial charge in [0, 0.05) is 11.1 Å². The van der Waals surface area contributed by atoms with Gasteiger partial charge in [0.2, 0.25) is 0 Å². The topological polar surface area (TPSA) is 97.6 Å². The van der Waals surface area contributed by atoms with Crippen LogP contribution in [0, 0.1) is 6.92 Å². The summed E-state index contributed by atoms with van der Waals surface area (Å²) in [7, 11) is 0. The first-order valence-electron chi connectivity index (χ1n) is 4.28. The lowest BCUT2D eigenvalue weighted by Crippen LogP contribution is -2.32. The molecule has 0 fully saturated rings. The minimum atomic E-state index is -1.19. The second kappa shape index (κ2) is 5.42. The number of carbonyl (C=O) groups excluding carboxylic acids is 1. The molecular weight excluding hydrogens is 236 g/mol. The highest BCUT2D eigenvalue weighted by atomic mass is 32.1. The molecule has 1 rings (SSSR count). The molecule has 0 aromatic carbocycles. The van der Waals surface area contributed by atoms with Crippen LogP contribution in [0.15, 0.2) is 10.2 Å². The Labute approximate surface area is 94.2 Å². The number of rotatable bonds is 5. The van der Waals surface area contributed by atoms with E-state index in [-0.39, 0.29) is 11.4 Å². The summed E-state index contributed by atoms with van der Waals surface area (Å²) >= 11 is 0.994. The summed E-state index contributed by atoms with van der Waals surface area (Å²) in [6.45, 7) is 0.889. The number of thiazole rings is 1. The van der Waals surface area contributed by atoms with E-state index in [4.69, 9.17) is 5.11 Å². The number of aliphatic carboxylic acids is 1. The van der Waals surface area contributed by atoms with E-state index < -0.39 is 18.5 Å². The number of nitrogens with one attached hydrogen (secondary N) is 1. The van der Waals surface area contributed by atoms with Crippen molar-refractivity contribution in [1.82, 2.24) is 10.0 Å². The Hall–Kier alpha value is -1.67. The molecule has 0 bridgehead atoms. The molecule has 16 heavy (non-hydrogen) atoms. The molecule has 2 N–H and O–H groups in total. The summed E-state index contributed by atoms with van der Waals surface area (Å²) in [6.07, 6.45) is 0. The number of carboxylic acids is 1. The summed E-state index contributed by atoms with van der Waals surface area (Å²) < 4.78 is 1.27. The van der Waals surface area contributed by atoms with Crippen molar-refractivity contribution < 1.29 is 19.5 Å². The predicted octanol–water partition coefficient (Wildman–Crippen LogP) is -0.649. The third-order valence-corrected chi connectivity index (χ3v) is 2.54. The Balaban J connectivity index is 2.46. The smallest absolute Gasteiger partial charge is 0.332 e. The van der Waals surface area contributed by atoms with Gasteiger partial charge in [0.25, 0.3) is 5.91 Å². The first-order chi connectivity index (χ1) is 7.50. The fraction of sp³-hybridized carbons (Fsp3) is 0.375. The van der Waals surface area contributed by atoms with Crippen LogP contribution >= 0.6 is 11.3 Å². The van der Waals surface area contributed by atoms with E-state index in [1.165, 1.54) is 4.57 Å². The highest BCUT2D eigenvalue weighted by molar-refractivity contribution is 7.07. The van der Waals surface area contributed by atoms with E-state index in [0.717, 1.165) is 11.3 Å². The summed E-state index contributed by atoms with van der Waals surface area (Å²) in [5.74, 6) is -1.77. The van der Waals surface area contributed by atoms with Crippen LogP contribution in [0.2, 0.25) is 0 Å². The van der Waals surface area contributed by atoms with Crippen molar-refractivity contribution in [2.24, 2.45) is 0 Å². The second-order valence-electron chi connectivity index (χ2n) is 2.94. The molecular formula is C8H10N2O5S. The highest BCUT2D eigenvalue weighted by Crippen LogP contribution is 1.98. The normalized spacial score (nSPS) is 10.1. The summed E-state index contributed by atoms with van der Waals surface area (Å²) in [6, 6.07) is 0. The van der Waals surface area contributed by atoms with E-state index >= 15 is 0 Å². The van der Waals surface area contributed by atoms with Crippen LogP contribution in [0.1, 0.15) is 5.69 Å². The maximum absolute atomic E-state index is 11.2. The standard InChI is InChI=1S/C8H10N2O5S/c1-5-4-16-8(14)10(5)2-6(11)9-15-3-7(12)13/h4H,2-3H2,1H3,(H,9,11)(H,12,13). The molecule has 0 saturated carbocycles. The zero-order valence-electron chi connectivity index (χ0n) is 8.43. The van der Waals surface area contributed by atoms with Crippen molar-refractivity contribution in [1.29, 1.82) is 0 Å². The lowest BCUT2D eigenvalue weighted by atomic mass is 10.5. The van der Waals surface area contributed by atoms with Crippen molar-refractivity contribution in [2.75, 3.05) is 6.61 Å². The fourth-order valence-electron chi connectivity index (χ4n) is 0.950. The molecule has 0 aliphatic rings.